The predicted molar refractivity (Wildman–Crippen MR) is 101 cm³/mol. The molecule has 1 aliphatic heterocycles. The lowest BCUT2D eigenvalue weighted by Crippen LogP contribution is -2.32. The Morgan fingerprint density at radius 3 is 2.77 bits per heavy atom. The number of nitrogens with zero attached hydrogens (tertiary/aromatic N) is 1. The highest BCUT2D eigenvalue weighted by atomic mass is 16.2. The van der Waals surface area contributed by atoms with Gasteiger partial charge in [-0.25, -0.2) is 0 Å². The highest BCUT2D eigenvalue weighted by Gasteiger charge is 2.27. The molecule has 4 rings (SSSR count). The minimum atomic E-state index is -0.0140. The molecule has 1 N–H and O–H groups in total. The topological polar surface area (TPSA) is 49.4 Å². The number of amides is 2. The van der Waals surface area contributed by atoms with E-state index in [0.717, 1.165) is 23.1 Å². The van der Waals surface area contributed by atoms with E-state index < -0.39 is 0 Å². The largest absolute Gasteiger partial charge is 0.350 e. The first-order valence-corrected chi connectivity index (χ1v) is 9.40. The number of aryl methyl sites for hydroxylation is 2. The third-order valence-corrected chi connectivity index (χ3v) is 5.51. The SMILES string of the molecule is C[C@H](NC(=O)CCN1Cc2ccccc2C1=O)c1ccc2c(c1)CCC2. The van der Waals surface area contributed by atoms with Gasteiger partial charge in [0.25, 0.3) is 5.91 Å². The van der Waals surface area contributed by atoms with Crippen molar-refractivity contribution in [2.75, 3.05) is 6.54 Å². The van der Waals surface area contributed by atoms with Gasteiger partial charge in [-0.2, -0.15) is 0 Å². The van der Waals surface area contributed by atoms with Crippen molar-refractivity contribution in [2.24, 2.45) is 0 Å². The molecule has 26 heavy (non-hydrogen) atoms. The molecule has 2 amide bonds. The molecule has 2 aromatic rings. The maximum Gasteiger partial charge on any atom is 0.254 e. The molecular weight excluding hydrogens is 324 g/mol. The van der Waals surface area contributed by atoms with Crippen LogP contribution in [0.4, 0.5) is 0 Å². The van der Waals surface area contributed by atoms with E-state index in [9.17, 15) is 9.59 Å². The Bertz CT molecular complexity index is 859. The first kappa shape index (κ1) is 16.8. The third kappa shape index (κ3) is 3.24. The van der Waals surface area contributed by atoms with Gasteiger partial charge in [0.2, 0.25) is 5.91 Å². The molecule has 4 nitrogen and oxygen atoms in total. The fraction of sp³-hybridized carbons (Fsp3) is 0.364. The zero-order valence-electron chi connectivity index (χ0n) is 15.1. The second kappa shape index (κ2) is 6.94. The van der Waals surface area contributed by atoms with E-state index in [-0.39, 0.29) is 17.9 Å². The minimum absolute atomic E-state index is 0.0123. The lowest BCUT2D eigenvalue weighted by atomic mass is 10.0. The smallest absolute Gasteiger partial charge is 0.254 e. The Morgan fingerprint density at radius 1 is 1.12 bits per heavy atom. The summed E-state index contributed by atoms with van der Waals surface area (Å²) in [5.74, 6) is 0.0156. The molecule has 0 fully saturated rings. The molecule has 1 aliphatic carbocycles. The number of fused-ring (bicyclic) bond motifs is 2. The van der Waals surface area contributed by atoms with Crippen molar-refractivity contribution in [3.63, 3.8) is 0 Å². The summed E-state index contributed by atoms with van der Waals surface area (Å²) < 4.78 is 0. The monoisotopic (exact) mass is 348 g/mol. The van der Waals surface area contributed by atoms with Gasteiger partial charge in [-0.3, -0.25) is 9.59 Å². The summed E-state index contributed by atoms with van der Waals surface area (Å²) in [7, 11) is 0. The summed E-state index contributed by atoms with van der Waals surface area (Å²) >= 11 is 0. The molecule has 0 saturated carbocycles. The Kier molecular flexibility index (Phi) is 4.49. The average Bonchev–Trinajstić information content (AvgIpc) is 3.24. The van der Waals surface area contributed by atoms with Crippen LogP contribution in [0.5, 0.6) is 0 Å². The van der Waals surface area contributed by atoms with Crippen LogP contribution in [0.3, 0.4) is 0 Å². The quantitative estimate of drug-likeness (QED) is 0.900. The van der Waals surface area contributed by atoms with E-state index >= 15 is 0 Å². The van der Waals surface area contributed by atoms with Crippen molar-refractivity contribution >= 4 is 11.8 Å². The molecule has 1 heterocycles. The minimum Gasteiger partial charge on any atom is -0.350 e. The second-order valence-corrected chi connectivity index (χ2v) is 7.30. The predicted octanol–water partition coefficient (Wildman–Crippen LogP) is 3.40. The lowest BCUT2D eigenvalue weighted by Gasteiger charge is -2.18. The van der Waals surface area contributed by atoms with Crippen molar-refractivity contribution in [2.45, 2.75) is 45.2 Å². The number of benzene rings is 2. The fourth-order valence-corrected chi connectivity index (χ4v) is 3.99. The van der Waals surface area contributed by atoms with Crippen LogP contribution in [0, 0.1) is 0 Å². The molecule has 0 saturated heterocycles. The number of carbonyl (C=O) groups is 2. The molecule has 2 aromatic carbocycles. The van der Waals surface area contributed by atoms with Crippen LogP contribution in [-0.4, -0.2) is 23.3 Å². The number of hydrogen-bond donors (Lipinski definition) is 1. The van der Waals surface area contributed by atoms with Gasteiger partial charge < -0.3 is 10.2 Å². The average molecular weight is 348 g/mol. The summed E-state index contributed by atoms with van der Waals surface area (Å²) in [6.07, 6.45) is 3.87. The molecule has 2 aliphatic rings. The van der Waals surface area contributed by atoms with Crippen molar-refractivity contribution in [3.8, 4) is 0 Å². The Balaban J connectivity index is 1.31. The van der Waals surface area contributed by atoms with Gasteiger partial charge in [-0.05, 0) is 54.5 Å². The van der Waals surface area contributed by atoms with Gasteiger partial charge in [-0.1, -0.05) is 36.4 Å². The summed E-state index contributed by atoms with van der Waals surface area (Å²) in [5, 5.41) is 3.07. The van der Waals surface area contributed by atoms with Crippen LogP contribution in [0.1, 0.15) is 58.4 Å². The van der Waals surface area contributed by atoms with E-state index in [0.29, 0.717) is 19.5 Å². The van der Waals surface area contributed by atoms with Gasteiger partial charge in [0.15, 0.2) is 0 Å². The number of hydrogen-bond acceptors (Lipinski definition) is 2. The van der Waals surface area contributed by atoms with Crippen LogP contribution in [0.15, 0.2) is 42.5 Å². The van der Waals surface area contributed by atoms with Crippen LogP contribution < -0.4 is 5.32 Å². The molecule has 0 bridgehead atoms. The van der Waals surface area contributed by atoms with E-state index in [2.05, 4.69) is 23.5 Å². The molecular formula is C22H24N2O2. The maximum atomic E-state index is 12.4. The molecule has 0 aromatic heterocycles. The zero-order chi connectivity index (χ0) is 18.1. The number of rotatable bonds is 5. The fourth-order valence-electron chi connectivity index (χ4n) is 3.99. The van der Waals surface area contributed by atoms with Crippen molar-refractivity contribution in [1.29, 1.82) is 0 Å². The third-order valence-electron chi connectivity index (χ3n) is 5.51. The summed E-state index contributed by atoms with van der Waals surface area (Å²) in [5.41, 5.74) is 5.83. The summed E-state index contributed by atoms with van der Waals surface area (Å²) in [6.45, 7) is 3.07. The Morgan fingerprint density at radius 2 is 1.92 bits per heavy atom. The molecule has 0 radical (unpaired) electrons. The van der Waals surface area contributed by atoms with Gasteiger partial charge >= 0.3 is 0 Å². The van der Waals surface area contributed by atoms with Crippen LogP contribution >= 0.6 is 0 Å². The summed E-state index contributed by atoms with van der Waals surface area (Å²) in [4.78, 5) is 26.5. The normalized spacial score (nSPS) is 16.3. The van der Waals surface area contributed by atoms with Gasteiger partial charge in [-0.15, -0.1) is 0 Å². The van der Waals surface area contributed by atoms with E-state index in [1.807, 2.05) is 31.2 Å². The van der Waals surface area contributed by atoms with E-state index in [4.69, 9.17) is 0 Å². The molecule has 4 heteroatoms. The van der Waals surface area contributed by atoms with Gasteiger partial charge in [0.1, 0.15) is 0 Å². The molecule has 0 spiro atoms. The number of carbonyl (C=O) groups excluding carboxylic acids is 2. The summed E-state index contributed by atoms with van der Waals surface area (Å²) in [6, 6.07) is 14.2. The van der Waals surface area contributed by atoms with Crippen LogP contribution in [0.2, 0.25) is 0 Å². The Hall–Kier alpha value is -2.62. The first-order valence-electron chi connectivity index (χ1n) is 9.40. The highest BCUT2D eigenvalue weighted by molar-refractivity contribution is 5.98. The highest BCUT2D eigenvalue weighted by Crippen LogP contribution is 2.25. The lowest BCUT2D eigenvalue weighted by molar-refractivity contribution is -0.121. The van der Waals surface area contributed by atoms with E-state index in [1.54, 1.807) is 4.90 Å². The zero-order valence-corrected chi connectivity index (χ0v) is 15.1. The molecule has 0 unspecified atom stereocenters. The second-order valence-electron chi connectivity index (χ2n) is 7.30. The number of nitrogens with one attached hydrogen (secondary N) is 1. The van der Waals surface area contributed by atoms with Crippen LogP contribution in [0.25, 0.3) is 0 Å². The molecule has 134 valence electrons. The molecule has 1 atom stereocenters. The first-order chi connectivity index (χ1) is 12.6. The van der Waals surface area contributed by atoms with Gasteiger partial charge in [0.05, 0.1) is 6.04 Å². The van der Waals surface area contributed by atoms with Crippen molar-refractivity contribution < 1.29 is 9.59 Å². The van der Waals surface area contributed by atoms with Crippen molar-refractivity contribution in [1.82, 2.24) is 10.2 Å². The van der Waals surface area contributed by atoms with Gasteiger partial charge in [0, 0.05) is 25.1 Å². The standard InChI is InChI=1S/C22H24N2O2/c1-15(17-10-9-16-6-4-7-18(16)13-17)23-21(25)11-12-24-14-19-5-2-3-8-20(19)22(24)26/h2-3,5,8-10,13,15H,4,6-7,11-12,14H2,1H3,(H,23,25)/t15-/m0/s1. The van der Waals surface area contributed by atoms with Crippen LogP contribution in [-0.2, 0) is 24.2 Å². The Labute approximate surface area is 154 Å². The van der Waals surface area contributed by atoms with Crippen molar-refractivity contribution in [3.05, 3.63) is 70.3 Å². The maximum absolute atomic E-state index is 12.4. The van der Waals surface area contributed by atoms with E-state index in [1.165, 1.54) is 24.0 Å².